The van der Waals surface area contributed by atoms with E-state index in [1.54, 1.807) is 22.3 Å². The molecule has 0 bridgehead atoms. The first-order valence-electron chi connectivity index (χ1n) is 10.4. The quantitative estimate of drug-likeness (QED) is 0.364. The molecule has 164 valence electrons. The Morgan fingerprint density at radius 3 is 2.35 bits per heavy atom. The highest BCUT2D eigenvalue weighted by atomic mass is 32.1. The summed E-state index contributed by atoms with van der Waals surface area (Å²) in [4.78, 5) is 31.6. The number of hydrogen-bond acceptors (Lipinski definition) is 5. The molecule has 31 heavy (non-hydrogen) atoms. The van der Waals surface area contributed by atoms with Gasteiger partial charge in [0.2, 0.25) is 5.91 Å². The van der Waals surface area contributed by atoms with E-state index in [0.29, 0.717) is 44.1 Å². The Hall–Kier alpha value is -2.48. The van der Waals surface area contributed by atoms with Gasteiger partial charge in [0.05, 0.1) is 11.4 Å². The monoisotopic (exact) mass is 456 g/mol. The van der Waals surface area contributed by atoms with Crippen LogP contribution in [0.25, 0.3) is 0 Å². The first-order valence-corrected chi connectivity index (χ1v) is 12.2. The molecule has 0 saturated carbocycles. The van der Waals surface area contributed by atoms with Crippen LogP contribution in [0.5, 0.6) is 0 Å². The molecular formula is C24H28N2O3S2. The Kier molecular flexibility index (Phi) is 9.27. The van der Waals surface area contributed by atoms with Crippen molar-refractivity contribution in [3.05, 3.63) is 80.7 Å². The zero-order chi connectivity index (χ0) is 21.9. The Bertz CT molecular complexity index is 912. The molecule has 0 aliphatic rings. The number of rotatable bonds is 12. The van der Waals surface area contributed by atoms with Crippen molar-refractivity contribution in [2.45, 2.75) is 26.4 Å². The minimum absolute atomic E-state index is 0.0566. The van der Waals surface area contributed by atoms with Gasteiger partial charge in [-0.2, -0.15) is 0 Å². The fourth-order valence-electron chi connectivity index (χ4n) is 3.20. The lowest BCUT2D eigenvalue weighted by Crippen LogP contribution is -2.42. The Balaban J connectivity index is 1.73. The van der Waals surface area contributed by atoms with E-state index in [9.17, 15) is 9.59 Å². The van der Waals surface area contributed by atoms with Crippen molar-refractivity contribution >= 4 is 34.5 Å². The third-order valence-electron chi connectivity index (χ3n) is 4.76. The Morgan fingerprint density at radius 1 is 0.903 bits per heavy atom. The van der Waals surface area contributed by atoms with Crippen LogP contribution in [-0.4, -0.2) is 47.9 Å². The molecule has 0 aliphatic heterocycles. The summed E-state index contributed by atoms with van der Waals surface area (Å²) in [6.45, 7) is 4.75. The first-order chi connectivity index (χ1) is 15.2. The molecule has 2 aromatic heterocycles. The van der Waals surface area contributed by atoms with Gasteiger partial charge >= 0.3 is 0 Å². The minimum Gasteiger partial charge on any atom is -0.382 e. The van der Waals surface area contributed by atoms with Crippen molar-refractivity contribution in [3.63, 3.8) is 0 Å². The molecule has 3 rings (SSSR count). The van der Waals surface area contributed by atoms with Gasteiger partial charge in [-0.15, -0.1) is 22.7 Å². The summed E-state index contributed by atoms with van der Waals surface area (Å²) in [6, 6.07) is 17.6. The molecule has 5 nitrogen and oxygen atoms in total. The topological polar surface area (TPSA) is 49.9 Å². The van der Waals surface area contributed by atoms with Crippen LogP contribution in [0.3, 0.4) is 0 Å². The van der Waals surface area contributed by atoms with Gasteiger partial charge in [0.15, 0.2) is 0 Å². The number of carbonyl (C=O) groups is 2. The normalized spacial score (nSPS) is 10.7. The molecule has 0 atom stereocenters. The second-order valence-electron chi connectivity index (χ2n) is 7.07. The fourth-order valence-corrected chi connectivity index (χ4v) is 4.61. The number of thiophene rings is 2. The number of ether oxygens (including phenoxy) is 1. The fraction of sp³-hybridized carbons (Fsp3) is 0.333. The van der Waals surface area contributed by atoms with Crippen molar-refractivity contribution in [1.29, 1.82) is 0 Å². The zero-order valence-electron chi connectivity index (χ0n) is 17.7. The van der Waals surface area contributed by atoms with Gasteiger partial charge in [-0.1, -0.05) is 42.5 Å². The summed E-state index contributed by atoms with van der Waals surface area (Å²) < 4.78 is 5.43. The molecule has 0 spiro atoms. The van der Waals surface area contributed by atoms with Crippen LogP contribution in [0.15, 0.2) is 65.4 Å². The average Bonchev–Trinajstić information content (AvgIpc) is 3.50. The van der Waals surface area contributed by atoms with Gasteiger partial charge in [-0.25, -0.2) is 0 Å². The molecule has 0 saturated heterocycles. The molecule has 1 aromatic carbocycles. The number of carbonyl (C=O) groups excluding carboxylic acids is 2. The molecule has 0 N–H and O–H groups in total. The predicted octanol–water partition coefficient (Wildman–Crippen LogP) is 4.91. The lowest BCUT2D eigenvalue weighted by molar-refractivity contribution is -0.133. The van der Waals surface area contributed by atoms with Crippen LogP contribution in [0.4, 0.5) is 0 Å². The predicted molar refractivity (Wildman–Crippen MR) is 126 cm³/mol. The van der Waals surface area contributed by atoms with E-state index in [2.05, 4.69) is 0 Å². The summed E-state index contributed by atoms with van der Waals surface area (Å²) in [5.41, 5.74) is 1.07. The maximum Gasteiger partial charge on any atom is 0.264 e. The van der Waals surface area contributed by atoms with Crippen LogP contribution in [-0.2, 0) is 22.6 Å². The standard InChI is InChI=1S/C24H28N2O3S2/c1-2-29-14-8-13-25(24(28)22-12-7-16-31-22)19-23(27)26(18-21-11-6-15-30-21)17-20-9-4-3-5-10-20/h3-7,9-12,15-16H,2,8,13-14,17-19H2,1H3. The second kappa shape index (κ2) is 12.4. The molecule has 0 fully saturated rings. The number of amides is 2. The zero-order valence-corrected chi connectivity index (χ0v) is 19.4. The van der Waals surface area contributed by atoms with Crippen LogP contribution in [0.2, 0.25) is 0 Å². The summed E-state index contributed by atoms with van der Waals surface area (Å²) in [5.74, 6) is -0.158. The van der Waals surface area contributed by atoms with Crippen LogP contribution >= 0.6 is 22.7 Å². The van der Waals surface area contributed by atoms with E-state index >= 15 is 0 Å². The van der Waals surface area contributed by atoms with Gasteiger partial charge in [-0.3, -0.25) is 9.59 Å². The van der Waals surface area contributed by atoms with Crippen molar-refractivity contribution in [3.8, 4) is 0 Å². The summed E-state index contributed by atoms with van der Waals surface area (Å²) in [7, 11) is 0. The third-order valence-corrected chi connectivity index (χ3v) is 6.48. The molecule has 3 aromatic rings. The molecule has 0 aliphatic carbocycles. The van der Waals surface area contributed by atoms with E-state index in [4.69, 9.17) is 4.74 Å². The highest BCUT2D eigenvalue weighted by Gasteiger charge is 2.23. The van der Waals surface area contributed by atoms with E-state index in [1.165, 1.54) is 11.3 Å². The summed E-state index contributed by atoms with van der Waals surface area (Å²) in [6.07, 6.45) is 0.696. The largest absolute Gasteiger partial charge is 0.382 e. The van der Waals surface area contributed by atoms with Gasteiger partial charge in [0.1, 0.15) is 6.54 Å². The molecule has 0 radical (unpaired) electrons. The second-order valence-corrected chi connectivity index (χ2v) is 9.05. The molecule has 7 heteroatoms. The SMILES string of the molecule is CCOCCCN(CC(=O)N(Cc1ccccc1)Cc1cccs1)C(=O)c1cccs1. The molecule has 0 unspecified atom stereocenters. The highest BCUT2D eigenvalue weighted by Crippen LogP contribution is 2.17. The van der Waals surface area contributed by atoms with Gasteiger partial charge in [-0.05, 0) is 41.8 Å². The maximum atomic E-state index is 13.4. The van der Waals surface area contributed by atoms with Crippen molar-refractivity contribution in [2.24, 2.45) is 0 Å². The first kappa shape index (κ1) is 23.2. The van der Waals surface area contributed by atoms with Crippen molar-refractivity contribution in [2.75, 3.05) is 26.3 Å². The highest BCUT2D eigenvalue weighted by molar-refractivity contribution is 7.12. The number of hydrogen-bond donors (Lipinski definition) is 0. The van der Waals surface area contributed by atoms with Crippen molar-refractivity contribution < 1.29 is 14.3 Å². The smallest absolute Gasteiger partial charge is 0.264 e. The number of benzene rings is 1. The van der Waals surface area contributed by atoms with Gasteiger partial charge in [0, 0.05) is 31.2 Å². The maximum absolute atomic E-state index is 13.4. The van der Waals surface area contributed by atoms with E-state index in [0.717, 1.165) is 10.4 Å². The molecular weight excluding hydrogens is 428 g/mol. The average molecular weight is 457 g/mol. The van der Waals surface area contributed by atoms with E-state index < -0.39 is 0 Å². The van der Waals surface area contributed by atoms with E-state index in [-0.39, 0.29) is 18.4 Å². The lowest BCUT2D eigenvalue weighted by Gasteiger charge is -2.27. The summed E-state index contributed by atoms with van der Waals surface area (Å²) in [5, 5.41) is 3.90. The molecule has 2 heterocycles. The van der Waals surface area contributed by atoms with Gasteiger partial charge in [0.25, 0.3) is 5.91 Å². The Labute approximate surface area is 191 Å². The number of nitrogens with zero attached hydrogens (tertiary/aromatic N) is 2. The van der Waals surface area contributed by atoms with Crippen LogP contribution in [0, 0.1) is 0 Å². The van der Waals surface area contributed by atoms with Crippen LogP contribution < -0.4 is 0 Å². The van der Waals surface area contributed by atoms with E-state index in [1.807, 2.05) is 71.1 Å². The molecule has 2 amide bonds. The third kappa shape index (κ3) is 7.31. The summed E-state index contributed by atoms with van der Waals surface area (Å²) >= 11 is 3.03. The Morgan fingerprint density at radius 2 is 1.68 bits per heavy atom. The minimum atomic E-state index is -0.101. The van der Waals surface area contributed by atoms with Crippen molar-refractivity contribution in [1.82, 2.24) is 9.80 Å². The van der Waals surface area contributed by atoms with Gasteiger partial charge < -0.3 is 14.5 Å². The lowest BCUT2D eigenvalue weighted by atomic mass is 10.2. The van der Waals surface area contributed by atoms with Crippen LogP contribution in [0.1, 0.15) is 33.5 Å².